The molecule has 0 saturated heterocycles. The first-order valence-corrected chi connectivity index (χ1v) is 7.75. The van der Waals surface area contributed by atoms with Crippen molar-refractivity contribution in [1.82, 2.24) is 5.32 Å². The second-order valence-electron chi connectivity index (χ2n) is 6.10. The third kappa shape index (κ3) is 6.45. The van der Waals surface area contributed by atoms with Crippen LogP contribution in [0.4, 0.5) is 0 Å². The maximum Gasteiger partial charge on any atom is 0.0121 e. The molecule has 0 aromatic carbocycles. The Kier molecular flexibility index (Phi) is 8.94. The molecular formula is C16H35N. The average Bonchev–Trinajstić information content (AvgIpc) is 2.33. The van der Waals surface area contributed by atoms with Crippen LogP contribution >= 0.6 is 0 Å². The van der Waals surface area contributed by atoms with E-state index in [2.05, 4.69) is 46.9 Å². The van der Waals surface area contributed by atoms with Gasteiger partial charge in [0.2, 0.25) is 0 Å². The molecule has 0 saturated carbocycles. The largest absolute Gasteiger partial charge is 0.314 e. The van der Waals surface area contributed by atoms with Crippen LogP contribution in [0, 0.1) is 11.3 Å². The molecule has 0 rings (SSSR count). The van der Waals surface area contributed by atoms with Gasteiger partial charge in [-0.1, -0.05) is 67.2 Å². The van der Waals surface area contributed by atoms with E-state index in [0.717, 1.165) is 12.5 Å². The summed E-state index contributed by atoms with van der Waals surface area (Å²) in [6.45, 7) is 15.1. The second-order valence-corrected chi connectivity index (χ2v) is 6.10. The fraction of sp³-hybridized carbons (Fsp3) is 1.00. The highest BCUT2D eigenvalue weighted by atomic mass is 14.9. The predicted octanol–water partition coefficient (Wildman–Crippen LogP) is 5.01. The van der Waals surface area contributed by atoms with Crippen molar-refractivity contribution in [2.45, 2.75) is 86.1 Å². The Bertz CT molecular complexity index is 174. The van der Waals surface area contributed by atoms with Crippen LogP contribution in [0.1, 0.15) is 80.1 Å². The highest BCUT2D eigenvalue weighted by molar-refractivity contribution is 4.84. The zero-order valence-corrected chi connectivity index (χ0v) is 13.1. The molecule has 0 aliphatic carbocycles. The second kappa shape index (κ2) is 8.97. The molecule has 0 bridgehead atoms. The Balaban J connectivity index is 4.39. The fourth-order valence-corrected chi connectivity index (χ4v) is 2.49. The summed E-state index contributed by atoms with van der Waals surface area (Å²) in [6.07, 6.45) is 8.08. The van der Waals surface area contributed by atoms with Gasteiger partial charge in [0.05, 0.1) is 0 Å². The number of rotatable bonds is 10. The van der Waals surface area contributed by atoms with Gasteiger partial charge in [0.15, 0.2) is 0 Å². The topological polar surface area (TPSA) is 12.0 Å². The monoisotopic (exact) mass is 241 g/mol. The minimum absolute atomic E-state index is 0.426. The van der Waals surface area contributed by atoms with Crippen LogP contribution in [-0.4, -0.2) is 12.6 Å². The van der Waals surface area contributed by atoms with E-state index in [9.17, 15) is 0 Å². The minimum atomic E-state index is 0.426. The molecule has 1 nitrogen and oxygen atoms in total. The SMILES string of the molecule is CCCCC(CC)CC(NCC)C(C)(C)CC. The summed E-state index contributed by atoms with van der Waals surface area (Å²) in [5.74, 6) is 0.907. The van der Waals surface area contributed by atoms with Gasteiger partial charge >= 0.3 is 0 Å². The summed E-state index contributed by atoms with van der Waals surface area (Å²) in [5.41, 5.74) is 0.426. The van der Waals surface area contributed by atoms with Crippen molar-refractivity contribution in [2.75, 3.05) is 6.54 Å². The van der Waals surface area contributed by atoms with E-state index in [1.165, 1.54) is 38.5 Å². The third-order valence-electron chi connectivity index (χ3n) is 4.42. The molecule has 2 atom stereocenters. The zero-order chi connectivity index (χ0) is 13.3. The highest BCUT2D eigenvalue weighted by Gasteiger charge is 2.28. The molecule has 0 spiro atoms. The Morgan fingerprint density at radius 3 is 2.12 bits per heavy atom. The molecular weight excluding hydrogens is 206 g/mol. The van der Waals surface area contributed by atoms with Gasteiger partial charge in [-0.25, -0.2) is 0 Å². The van der Waals surface area contributed by atoms with Crippen LogP contribution < -0.4 is 5.32 Å². The van der Waals surface area contributed by atoms with Crippen molar-refractivity contribution in [1.29, 1.82) is 0 Å². The zero-order valence-electron chi connectivity index (χ0n) is 13.1. The lowest BCUT2D eigenvalue weighted by molar-refractivity contribution is 0.192. The first-order chi connectivity index (χ1) is 8.01. The smallest absolute Gasteiger partial charge is 0.0121 e. The molecule has 1 N–H and O–H groups in total. The lowest BCUT2D eigenvalue weighted by atomic mass is 9.76. The molecule has 0 amide bonds. The Hall–Kier alpha value is -0.0400. The molecule has 0 aromatic rings. The van der Waals surface area contributed by atoms with Crippen molar-refractivity contribution in [2.24, 2.45) is 11.3 Å². The maximum atomic E-state index is 3.72. The molecule has 0 aliphatic rings. The summed E-state index contributed by atoms with van der Waals surface area (Å²) >= 11 is 0. The third-order valence-corrected chi connectivity index (χ3v) is 4.42. The summed E-state index contributed by atoms with van der Waals surface area (Å²) in [5, 5.41) is 3.72. The van der Waals surface area contributed by atoms with Gasteiger partial charge in [-0.3, -0.25) is 0 Å². The Morgan fingerprint density at radius 2 is 1.71 bits per heavy atom. The van der Waals surface area contributed by atoms with Gasteiger partial charge in [-0.15, -0.1) is 0 Å². The van der Waals surface area contributed by atoms with Crippen LogP contribution in [0.3, 0.4) is 0 Å². The van der Waals surface area contributed by atoms with E-state index in [1.807, 2.05) is 0 Å². The van der Waals surface area contributed by atoms with Crippen LogP contribution in [0.25, 0.3) is 0 Å². The van der Waals surface area contributed by atoms with Crippen LogP contribution in [0.15, 0.2) is 0 Å². The Labute approximate surface area is 110 Å². The lowest BCUT2D eigenvalue weighted by Crippen LogP contribution is -2.42. The summed E-state index contributed by atoms with van der Waals surface area (Å²) in [6, 6.07) is 0.680. The number of hydrogen-bond donors (Lipinski definition) is 1. The van der Waals surface area contributed by atoms with E-state index in [1.54, 1.807) is 0 Å². The molecule has 0 aliphatic heterocycles. The average molecular weight is 241 g/mol. The number of hydrogen-bond acceptors (Lipinski definition) is 1. The fourth-order valence-electron chi connectivity index (χ4n) is 2.49. The number of nitrogens with one attached hydrogen (secondary N) is 1. The van der Waals surface area contributed by atoms with Crippen LogP contribution in [-0.2, 0) is 0 Å². The quantitative estimate of drug-likeness (QED) is 0.567. The van der Waals surface area contributed by atoms with Gasteiger partial charge in [0, 0.05) is 6.04 Å². The first-order valence-electron chi connectivity index (χ1n) is 7.75. The van der Waals surface area contributed by atoms with Crippen molar-refractivity contribution >= 4 is 0 Å². The lowest BCUT2D eigenvalue weighted by Gasteiger charge is -2.36. The van der Waals surface area contributed by atoms with Crippen molar-refractivity contribution < 1.29 is 0 Å². The molecule has 0 fully saturated rings. The van der Waals surface area contributed by atoms with E-state index >= 15 is 0 Å². The van der Waals surface area contributed by atoms with Gasteiger partial charge in [0.25, 0.3) is 0 Å². The Morgan fingerprint density at radius 1 is 1.06 bits per heavy atom. The van der Waals surface area contributed by atoms with E-state index in [-0.39, 0.29) is 0 Å². The minimum Gasteiger partial charge on any atom is -0.314 e. The standard InChI is InChI=1S/C16H35N/c1-7-11-12-14(8-2)13-15(17-10-4)16(5,6)9-3/h14-15,17H,7-13H2,1-6H3. The molecule has 2 unspecified atom stereocenters. The van der Waals surface area contributed by atoms with Gasteiger partial charge in [-0.2, -0.15) is 0 Å². The van der Waals surface area contributed by atoms with E-state index in [0.29, 0.717) is 11.5 Å². The maximum absolute atomic E-state index is 3.72. The molecule has 0 radical (unpaired) electrons. The summed E-state index contributed by atoms with van der Waals surface area (Å²) in [7, 11) is 0. The summed E-state index contributed by atoms with van der Waals surface area (Å²) < 4.78 is 0. The van der Waals surface area contributed by atoms with Gasteiger partial charge < -0.3 is 5.32 Å². The van der Waals surface area contributed by atoms with Crippen LogP contribution in [0.2, 0.25) is 0 Å². The van der Waals surface area contributed by atoms with Gasteiger partial charge in [-0.05, 0) is 30.7 Å². The van der Waals surface area contributed by atoms with Crippen molar-refractivity contribution in [3.8, 4) is 0 Å². The van der Waals surface area contributed by atoms with E-state index in [4.69, 9.17) is 0 Å². The first kappa shape index (κ1) is 17.0. The molecule has 0 aromatic heterocycles. The molecule has 1 heteroatoms. The molecule has 17 heavy (non-hydrogen) atoms. The predicted molar refractivity (Wildman–Crippen MR) is 79.5 cm³/mol. The van der Waals surface area contributed by atoms with E-state index < -0.39 is 0 Å². The van der Waals surface area contributed by atoms with Crippen molar-refractivity contribution in [3.63, 3.8) is 0 Å². The summed E-state index contributed by atoms with van der Waals surface area (Å²) in [4.78, 5) is 0. The normalized spacial score (nSPS) is 15.9. The number of unbranched alkanes of at least 4 members (excludes halogenated alkanes) is 1. The van der Waals surface area contributed by atoms with Crippen LogP contribution in [0.5, 0.6) is 0 Å². The molecule has 104 valence electrons. The molecule has 0 heterocycles. The highest BCUT2D eigenvalue weighted by Crippen LogP contribution is 2.31. The van der Waals surface area contributed by atoms with Crippen molar-refractivity contribution in [3.05, 3.63) is 0 Å². The van der Waals surface area contributed by atoms with Gasteiger partial charge in [0.1, 0.15) is 0 Å².